The van der Waals surface area contributed by atoms with Gasteiger partial charge in [-0.15, -0.1) is 0 Å². The second-order valence-electron chi connectivity index (χ2n) is 3.48. The van der Waals surface area contributed by atoms with Gasteiger partial charge in [-0.25, -0.2) is 0 Å². The van der Waals surface area contributed by atoms with E-state index in [1.165, 1.54) is 38.5 Å². The van der Waals surface area contributed by atoms with Gasteiger partial charge in [0, 0.05) is 0 Å². The summed E-state index contributed by atoms with van der Waals surface area (Å²) in [6, 6.07) is 0. The van der Waals surface area contributed by atoms with Gasteiger partial charge in [-0.05, 0) is 19.1 Å². The summed E-state index contributed by atoms with van der Waals surface area (Å²) in [7, 11) is 0. The predicted octanol–water partition coefficient (Wildman–Crippen LogP) is 3.67. The summed E-state index contributed by atoms with van der Waals surface area (Å²) in [4.78, 5) is 10.3. The molecule has 0 aromatic heterocycles. The first-order chi connectivity index (χ1) is 6.31. The second kappa shape index (κ2) is 10.1. The monoisotopic (exact) mass is 202 g/mol. The van der Waals surface area contributed by atoms with E-state index >= 15 is 0 Å². The van der Waals surface area contributed by atoms with Gasteiger partial charge in [0.2, 0.25) is 0 Å². The average Bonchev–Trinajstić information content (AvgIpc) is 2.16. The van der Waals surface area contributed by atoms with E-state index < -0.39 is 0 Å². The van der Waals surface area contributed by atoms with Crippen LogP contribution >= 0.6 is 11.8 Å². The van der Waals surface area contributed by atoms with Crippen LogP contribution in [0.2, 0.25) is 0 Å². The van der Waals surface area contributed by atoms with E-state index in [2.05, 4.69) is 6.92 Å². The number of hydrogen-bond acceptors (Lipinski definition) is 2. The number of carbonyl (C=O) groups excluding carboxylic acids is 1. The number of rotatable bonds is 9. The Morgan fingerprint density at radius 3 is 2.38 bits per heavy atom. The molecule has 0 saturated heterocycles. The highest BCUT2D eigenvalue weighted by Crippen LogP contribution is 2.12. The van der Waals surface area contributed by atoms with Crippen molar-refractivity contribution in [2.75, 3.05) is 5.75 Å². The van der Waals surface area contributed by atoms with Crippen LogP contribution < -0.4 is 0 Å². The van der Waals surface area contributed by atoms with Gasteiger partial charge in [-0.1, -0.05) is 39.0 Å². The largest absolute Gasteiger partial charge is 0.302 e. The number of unbranched alkanes of at least 4 members (excludes halogenated alkanes) is 5. The number of hydrogen-bond donors (Lipinski definition) is 0. The van der Waals surface area contributed by atoms with Crippen LogP contribution in [0.15, 0.2) is 0 Å². The summed E-state index contributed by atoms with van der Waals surface area (Å²) < 4.78 is 0. The van der Waals surface area contributed by atoms with Gasteiger partial charge in [-0.3, -0.25) is 0 Å². The molecular weight excluding hydrogens is 180 g/mol. The summed E-state index contributed by atoms with van der Waals surface area (Å²) in [6.07, 6.45) is 9.07. The smallest absolute Gasteiger partial charge is 0.132 e. The third-order valence-electron chi connectivity index (χ3n) is 2.07. The zero-order valence-corrected chi connectivity index (χ0v) is 9.74. The Labute approximate surface area is 86.7 Å². The maximum Gasteiger partial charge on any atom is 0.132 e. The van der Waals surface area contributed by atoms with Crippen molar-refractivity contribution in [1.29, 1.82) is 0 Å². The van der Waals surface area contributed by atoms with Crippen molar-refractivity contribution in [3.63, 3.8) is 0 Å². The van der Waals surface area contributed by atoms with Crippen LogP contribution in [-0.4, -0.2) is 17.3 Å². The van der Waals surface area contributed by atoms with Crippen molar-refractivity contribution >= 4 is 18.0 Å². The SMILES string of the molecule is CCCCCCCCSC(C)C=O. The van der Waals surface area contributed by atoms with Crippen molar-refractivity contribution in [3.05, 3.63) is 0 Å². The summed E-state index contributed by atoms with van der Waals surface area (Å²) in [5.41, 5.74) is 0. The third kappa shape index (κ3) is 9.94. The van der Waals surface area contributed by atoms with Crippen LogP contribution in [0, 0.1) is 0 Å². The minimum absolute atomic E-state index is 0.190. The molecule has 0 aromatic rings. The van der Waals surface area contributed by atoms with E-state index in [0.717, 1.165) is 12.0 Å². The molecule has 0 aliphatic carbocycles. The van der Waals surface area contributed by atoms with E-state index in [1.807, 2.05) is 6.92 Å². The molecule has 1 nitrogen and oxygen atoms in total. The average molecular weight is 202 g/mol. The van der Waals surface area contributed by atoms with Crippen molar-refractivity contribution in [3.8, 4) is 0 Å². The summed E-state index contributed by atoms with van der Waals surface area (Å²) in [6.45, 7) is 4.20. The van der Waals surface area contributed by atoms with Crippen molar-refractivity contribution in [2.45, 2.75) is 57.6 Å². The number of aldehydes is 1. The fourth-order valence-corrected chi connectivity index (χ4v) is 2.01. The van der Waals surface area contributed by atoms with Crippen molar-refractivity contribution in [2.24, 2.45) is 0 Å². The molecule has 1 unspecified atom stereocenters. The van der Waals surface area contributed by atoms with E-state index in [-0.39, 0.29) is 5.25 Å². The molecule has 0 aliphatic heterocycles. The normalized spacial score (nSPS) is 12.8. The quantitative estimate of drug-likeness (QED) is 0.419. The Bertz CT molecular complexity index is 115. The second-order valence-corrected chi connectivity index (χ2v) is 4.96. The first-order valence-electron chi connectivity index (χ1n) is 5.38. The molecule has 0 amide bonds. The van der Waals surface area contributed by atoms with E-state index in [9.17, 15) is 4.79 Å². The maximum absolute atomic E-state index is 10.3. The molecule has 0 saturated carbocycles. The first kappa shape index (κ1) is 13.0. The molecule has 0 fully saturated rings. The van der Waals surface area contributed by atoms with Crippen molar-refractivity contribution < 1.29 is 4.79 Å². The van der Waals surface area contributed by atoms with Crippen LogP contribution in [0.1, 0.15) is 52.4 Å². The Hall–Kier alpha value is 0.0200. The van der Waals surface area contributed by atoms with Crippen molar-refractivity contribution in [1.82, 2.24) is 0 Å². The Balaban J connectivity index is 2.95. The van der Waals surface area contributed by atoms with Crippen LogP contribution in [0.25, 0.3) is 0 Å². The first-order valence-corrected chi connectivity index (χ1v) is 6.43. The minimum atomic E-state index is 0.190. The minimum Gasteiger partial charge on any atom is -0.302 e. The molecule has 1 atom stereocenters. The van der Waals surface area contributed by atoms with E-state index in [0.29, 0.717) is 0 Å². The van der Waals surface area contributed by atoms with Crippen LogP contribution in [-0.2, 0) is 4.79 Å². The highest BCUT2D eigenvalue weighted by atomic mass is 32.2. The Kier molecular flexibility index (Phi) is 10.1. The predicted molar refractivity (Wildman–Crippen MR) is 61.4 cm³/mol. The molecule has 13 heavy (non-hydrogen) atoms. The molecule has 0 bridgehead atoms. The molecule has 0 rings (SSSR count). The fraction of sp³-hybridized carbons (Fsp3) is 0.909. The molecule has 78 valence electrons. The van der Waals surface area contributed by atoms with Gasteiger partial charge in [0.05, 0.1) is 5.25 Å². The fourth-order valence-electron chi connectivity index (χ4n) is 1.19. The van der Waals surface area contributed by atoms with Gasteiger partial charge in [-0.2, -0.15) is 11.8 Å². The standard InChI is InChI=1S/C11H22OS/c1-3-4-5-6-7-8-9-13-11(2)10-12/h10-11H,3-9H2,1-2H3. The topological polar surface area (TPSA) is 17.1 Å². The van der Waals surface area contributed by atoms with Gasteiger partial charge in [0.15, 0.2) is 0 Å². The van der Waals surface area contributed by atoms with Gasteiger partial charge >= 0.3 is 0 Å². The summed E-state index contributed by atoms with van der Waals surface area (Å²) in [5, 5.41) is 0.190. The molecule has 0 heterocycles. The van der Waals surface area contributed by atoms with Crippen LogP contribution in [0.3, 0.4) is 0 Å². The molecule has 0 aromatic carbocycles. The molecule has 0 radical (unpaired) electrons. The van der Waals surface area contributed by atoms with Gasteiger partial charge in [0.25, 0.3) is 0 Å². The zero-order valence-electron chi connectivity index (χ0n) is 8.92. The lowest BCUT2D eigenvalue weighted by Crippen LogP contribution is -1.97. The van der Waals surface area contributed by atoms with Gasteiger partial charge < -0.3 is 4.79 Å². The third-order valence-corrected chi connectivity index (χ3v) is 3.23. The Morgan fingerprint density at radius 2 is 1.77 bits per heavy atom. The summed E-state index contributed by atoms with van der Waals surface area (Å²) in [5.74, 6) is 1.14. The molecular formula is C11H22OS. The summed E-state index contributed by atoms with van der Waals surface area (Å²) >= 11 is 1.77. The maximum atomic E-state index is 10.3. The lowest BCUT2D eigenvalue weighted by molar-refractivity contribution is -0.107. The number of carbonyl (C=O) groups is 1. The van der Waals surface area contributed by atoms with Gasteiger partial charge in [0.1, 0.15) is 6.29 Å². The number of thioether (sulfide) groups is 1. The van der Waals surface area contributed by atoms with E-state index in [1.54, 1.807) is 11.8 Å². The lowest BCUT2D eigenvalue weighted by atomic mass is 10.1. The Morgan fingerprint density at radius 1 is 1.15 bits per heavy atom. The van der Waals surface area contributed by atoms with E-state index in [4.69, 9.17) is 0 Å². The lowest BCUT2D eigenvalue weighted by Gasteiger charge is -2.03. The molecule has 0 aliphatic rings. The molecule has 0 spiro atoms. The molecule has 0 N–H and O–H groups in total. The van der Waals surface area contributed by atoms with Crippen LogP contribution in [0.4, 0.5) is 0 Å². The zero-order chi connectivity index (χ0) is 9.94. The van der Waals surface area contributed by atoms with Crippen LogP contribution in [0.5, 0.6) is 0 Å². The highest BCUT2D eigenvalue weighted by Gasteiger charge is 1.98. The molecule has 2 heteroatoms. The highest BCUT2D eigenvalue weighted by molar-refractivity contribution is 8.00.